The minimum Gasteiger partial charge on any atom is -0.454 e. The average molecular weight is 486 g/mol. The van der Waals surface area contributed by atoms with Crippen molar-refractivity contribution in [3.8, 4) is 11.5 Å². The van der Waals surface area contributed by atoms with Gasteiger partial charge in [0.15, 0.2) is 11.5 Å². The highest BCUT2D eigenvalue weighted by atomic mass is 16.7. The molecule has 1 aromatic rings. The molecule has 0 unspecified atom stereocenters. The van der Waals surface area contributed by atoms with Gasteiger partial charge < -0.3 is 25.0 Å². The van der Waals surface area contributed by atoms with Crippen LogP contribution in [0.5, 0.6) is 11.5 Å². The number of urea groups is 1. The van der Waals surface area contributed by atoms with Gasteiger partial charge in [0.2, 0.25) is 12.7 Å². The number of nitrogens with one attached hydrogen (secondary N) is 2. The van der Waals surface area contributed by atoms with Crippen LogP contribution in [0.4, 0.5) is 4.79 Å². The van der Waals surface area contributed by atoms with E-state index in [9.17, 15) is 14.4 Å². The fourth-order valence-corrected chi connectivity index (χ4v) is 5.70. The molecule has 1 aliphatic carbocycles. The summed E-state index contributed by atoms with van der Waals surface area (Å²) >= 11 is 0. The largest absolute Gasteiger partial charge is 0.454 e. The van der Waals surface area contributed by atoms with Crippen LogP contribution in [0.25, 0.3) is 0 Å². The van der Waals surface area contributed by atoms with E-state index in [1.807, 2.05) is 0 Å². The number of hydrogen-bond acceptors (Lipinski definition) is 7. The molecule has 0 bridgehead atoms. The Bertz CT molecular complexity index is 971. The van der Waals surface area contributed by atoms with Gasteiger partial charge in [-0.2, -0.15) is 0 Å². The summed E-state index contributed by atoms with van der Waals surface area (Å²) in [6.45, 7) is 4.97. The zero-order valence-corrected chi connectivity index (χ0v) is 20.4. The summed E-state index contributed by atoms with van der Waals surface area (Å²) in [5.74, 6) is 0.664. The third-order valence-electron chi connectivity index (χ3n) is 7.85. The fraction of sp³-hybridized carbons (Fsp3) is 0.640. The van der Waals surface area contributed by atoms with E-state index in [2.05, 4.69) is 27.5 Å². The molecule has 3 heterocycles. The van der Waals surface area contributed by atoms with Crippen LogP contribution in [0.3, 0.4) is 0 Å². The van der Waals surface area contributed by atoms with Gasteiger partial charge in [-0.05, 0) is 37.6 Å². The van der Waals surface area contributed by atoms with Crippen molar-refractivity contribution in [2.24, 2.45) is 0 Å². The molecule has 2 saturated heterocycles. The van der Waals surface area contributed by atoms with Gasteiger partial charge in [0.05, 0.1) is 13.0 Å². The number of amides is 4. The fourth-order valence-electron chi connectivity index (χ4n) is 5.70. The van der Waals surface area contributed by atoms with Crippen molar-refractivity contribution < 1.29 is 23.9 Å². The first-order valence-electron chi connectivity index (χ1n) is 12.6. The molecule has 10 nitrogen and oxygen atoms in total. The van der Waals surface area contributed by atoms with E-state index >= 15 is 0 Å². The highest BCUT2D eigenvalue weighted by molar-refractivity contribution is 6.05. The Morgan fingerprint density at radius 1 is 1.09 bits per heavy atom. The van der Waals surface area contributed by atoms with Crippen LogP contribution in [0.1, 0.15) is 44.1 Å². The molecule has 1 atom stereocenters. The van der Waals surface area contributed by atoms with Gasteiger partial charge in [-0.25, -0.2) is 4.79 Å². The Morgan fingerprint density at radius 2 is 1.83 bits per heavy atom. The number of piperazine rings is 1. The van der Waals surface area contributed by atoms with Crippen molar-refractivity contribution in [3.05, 3.63) is 23.8 Å². The molecule has 0 aromatic heterocycles. The van der Waals surface area contributed by atoms with E-state index in [1.165, 1.54) is 19.3 Å². The van der Waals surface area contributed by atoms with E-state index in [4.69, 9.17) is 9.47 Å². The van der Waals surface area contributed by atoms with Gasteiger partial charge >= 0.3 is 6.03 Å². The molecule has 190 valence electrons. The first-order valence-corrected chi connectivity index (χ1v) is 12.6. The van der Waals surface area contributed by atoms with Gasteiger partial charge in [0, 0.05) is 38.3 Å². The maximum Gasteiger partial charge on any atom is 0.325 e. The van der Waals surface area contributed by atoms with Crippen LogP contribution in [0, 0.1) is 0 Å². The molecule has 1 aromatic carbocycles. The van der Waals surface area contributed by atoms with Gasteiger partial charge in [-0.1, -0.05) is 25.3 Å². The third-order valence-corrected chi connectivity index (χ3v) is 7.85. The van der Waals surface area contributed by atoms with Gasteiger partial charge in [-0.3, -0.25) is 19.4 Å². The van der Waals surface area contributed by atoms with Crippen LogP contribution in [0.2, 0.25) is 0 Å². The molecular formula is C25H35N5O5. The maximum absolute atomic E-state index is 12.9. The molecule has 1 saturated carbocycles. The van der Waals surface area contributed by atoms with E-state index in [-0.39, 0.29) is 37.1 Å². The number of hydrogen-bond donors (Lipinski definition) is 2. The minimum absolute atomic E-state index is 0.0104. The molecule has 0 radical (unpaired) electrons. The normalized spacial score (nSPS) is 24.5. The molecule has 2 N–H and O–H groups in total. The maximum atomic E-state index is 12.9. The number of likely N-dealkylation sites (N-methyl/N-ethyl adjacent to an activating group) is 1. The second kappa shape index (κ2) is 10.0. The quantitative estimate of drug-likeness (QED) is 0.561. The van der Waals surface area contributed by atoms with E-state index in [0.29, 0.717) is 18.0 Å². The highest BCUT2D eigenvalue weighted by Crippen LogP contribution is 2.34. The molecule has 0 spiro atoms. The Labute approximate surface area is 205 Å². The smallest absolute Gasteiger partial charge is 0.325 e. The lowest BCUT2D eigenvalue weighted by atomic mass is 9.79. The number of carbonyl (C=O) groups excluding carboxylic acids is 3. The SMILES string of the molecule is CN1CCN(C2(CNC(=O)C[C@H]3NC(=O)N(Cc4ccc5c(c4)OCO5)C3=O)CCCCC2)CC1. The lowest BCUT2D eigenvalue weighted by Gasteiger charge is -2.49. The van der Waals surface area contributed by atoms with Gasteiger partial charge in [-0.15, -0.1) is 0 Å². The van der Waals surface area contributed by atoms with Gasteiger partial charge in [0.25, 0.3) is 5.91 Å². The zero-order valence-electron chi connectivity index (χ0n) is 20.4. The van der Waals surface area contributed by atoms with E-state index in [0.717, 1.165) is 49.5 Å². The first-order chi connectivity index (χ1) is 16.9. The van der Waals surface area contributed by atoms with Crippen LogP contribution in [-0.4, -0.2) is 90.7 Å². The second-order valence-electron chi connectivity index (χ2n) is 10.2. The molecule has 10 heteroatoms. The van der Waals surface area contributed by atoms with Crippen molar-refractivity contribution in [2.45, 2.75) is 56.7 Å². The number of fused-ring (bicyclic) bond motifs is 1. The monoisotopic (exact) mass is 485 g/mol. The summed E-state index contributed by atoms with van der Waals surface area (Å²) < 4.78 is 10.7. The molecule has 5 rings (SSSR count). The average Bonchev–Trinajstić information content (AvgIpc) is 3.43. The number of imide groups is 1. The number of benzene rings is 1. The number of nitrogens with zero attached hydrogens (tertiary/aromatic N) is 3. The Kier molecular flexibility index (Phi) is 6.84. The first kappa shape index (κ1) is 23.9. The van der Waals surface area contributed by atoms with Crippen molar-refractivity contribution in [1.82, 2.24) is 25.3 Å². The molecule has 4 aliphatic rings. The van der Waals surface area contributed by atoms with Crippen molar-refractivity contribution in [3.63, 3.8) is 0 Å². The van der Waals surface area contributed by atoms with Crippen molar-refractivity contribution >= 4 is 17.8 Å². The number of carbonyl (C=O) groups is 3. The second-order valence-corrected chi connectivity index (χ2v) is 10.2. The molecule has 3 fully saturated rings. The standard InChI is InChI=1S/C25H35N5O5/c1-28-9-11-29(12-10-28)25(7-3-2-4-8-25)16-26-22(31)14-19-23(32)30(24(33)27-19)15-18-5-6-20-21(13-18)35-17-34-20/h5-6,13,19H,2-4,7-12,14-17H2,1H3,(H,26,31)(H,27,33)/t19-/m1/s1. The van der Waals surface area contributed by atoms with Gasteiger partial charge in [0.1, 0.15) is 6.04 Å². The third kappa shape index (κ3) is 5.08. The lowest BCUT2D eigenvalue weighted by Crippen LogP contribution is -2.61. The summed E-state index contributed by atoms with van der Waals surface area (Å²) in [6, 6.07) is 4.01. The zero-order chi connectivity index (χ0) is 24.4. The number of ether oxygens (including phenoxy) is 2. The predicted octanol–water partition coefficient (Wildman–Crippen LogP) is 1.29. The summed E-state index contributed by atoms with van der Waals surface area (Å²) in [5.41, 5.74) is 0.748. The molecule has 3 aliphatic heterocycles. The van der Waals surface area contributed by atoms with Crippen LogP contribution in [0.15, 0.2) is 18.2 Å². The summed E-state index contributed by atoms with van der Waals surface area (Å²) in [4.78, 5) is 44.4. The van der Waals surface area contributed by atoms with E-state index < -0.39 is 12.1 Å². The molecule has 4 amide bonds. The number of rotatable bonds is 7. The minimum atomic E-state index is -0.845. The summed E-state index contributed by atoms with van der Waals surface area (Å²) in [5, 5.41) is 5.79. The Morgan fingerprint density at radius 3 is 2.60 bits per heavy atom. The predicted molar refractivity (Wildman–Crippen MR) is 128 cm³/mol. The van der Waals surface area contributed by atoms with Crippen molar-refractivity contribution in [1.29, 1.82) is 0 Å². The Balaban J connectivity index is 1.16. The Hall–Kier alpha value is -2.85. The summed E-state index contributed by atoms with van der Waals surface area (Å²) in [7, 11) is 2.15. The van der Waals surface area contributed by atoms with Crippen LogP contribution in [-0.2, 0) is 16.1 Å². The van der Waals surface area contributed by atoms with Crippen molar-refractivity contribution in [2.75, 3.05) is 46.6 Å². The topological polar surface area (TPSA) is 103 Å². The van der Waals surface area contributed by atoms with Crippen LogP contribution >= 0.6 is 0 Å². The molecular weight excluding hydrogens is 450 g/mol. The lowest BCUT2D eigenvalue weighted by molar-refractivity contribution is -0.131. The van der Waals surface area contributed by atoms with Crippen LogP contribution < -0.4 is 20.1 Å². The molecule has 35 heavy (non-hydrogen) atoms. The highest BCUT2D eigenvalue weighted by Gasteiger charge is 2.41. The van der Waals surface area contributed by atoms with E-state index in [1.54, 1.807) is 18.2 Å². The summed E-state index contributed by atoms with van der Waals surface area (Å²) in [6.07, 6.45) is 5.70.